The van der Waals surface area contributed by atoms with Gasteiger partial charge < -0.3 is 0 Å². The summed E-state index contributed by atoms with van der Waals surface area (Å²) in [5, 5.41) is 0. The lowest BCUT2D eigenvalue weighted by atomic mass is 9.59. The molecule has 10 heavy (non-hydrogen) atoms. The zero-order chi connectivity index (χ0) is 7.61. The fourth-order valence-electron chi connectivity index (χ4n) is 2.26. The van der Waals surface area contributed by atoms with Crippen molar-refractivity contribution in [2.45, 2.75) is 52.9 Å². The molecule has 1 aliphatic rings. The molecule has 60 valence electrons. The summed E-state index contributed by atoms with van der Waals surface area (Å²) in [6.07, 6.45) is 7.26. The third-order valence-electron chi connectivity index (χ3n) is 3.71. The molecule has 0 amide bonds. The van der Waals surface area contributed by atoms with Crippen molar-refractivity contribution in [2.75, 3.05) is 0 Å². The van der Waals surface area contributed by atoms with Crippen LogP contribution in [-0.4, -0.2) is 0 Å². The molecule has 0 bridgehead atoms. The van der Waals surface area contributed by atoms with Crippen LogP contribution in [0, 0.1) is 11.3 Å². The molecule has 1 saturated carbocycles. The maximum atomic E-state index is 2.42. The first-order valence-electron chi connectivity index (χ1n) is 4.75. The molecule has 0 nitrogen and oxygen atoms in total. The van der Waals surface area contributed by atoms with Gasteiger partial charge in [0.2, 0.25) is 0 Å². The minimum atomic E-state index is 0.773. The smallest absolute Gasteiger partial charge is 0.0275 e. The summed E-state index contributed by atoms with van der Waals surface area (Å²) in [4.78, 5) is 0. The minimum absolute atomic E-state index is 0.773. The van der Waals surface area contributed by atoms with Crippen molar-refractivity contribution in [2.24, 2.45) is 11.3 Å². The number of rotatable bonds is 3. The van der Waals surface area contributed by atoms with Crippen LogP contribution < -0.4 is 0 Å². The van der Waals surface area contributed by atoms with E-state index in [0.717, 1.165) is 11.3 Å². The first-order chi connectivity index (χ1) is 4.75. The Hall–Kier alpha value is 0. The molecular weight excluding hydrogens is 120 g/mol. The summed E-state index contributed by atoms with van der Waals surface area (Å²) in [5.41, 5.74) is 0.773. The van der Waals surface area contributed by atoms with Gasteiger partial charge in [0.1, 0.15) is 0 Å². The SMILES string of the molecule is CCC(C)C1(CC)CCC1. The Morgan fingerprint density at radius 3 is 2.00 bits per heavy atom. The summed E-state index contributed by atoms with van der Waals surface area (Å²) in [6.45, 7) is 7.09. The molecule has 0 N–H and O–H groups in total. The predicted molar refractivity (Wildman–Crippen MR) is 46.0 cm³/mol. The molecule has 0 aliphatic heterocycles. The van der Waals surface area contributed by atoms with E-state index in [1.807, 2.05) is 0 Å². The van der Waals surface area contributed by atoms with Crippen LogP contribution in [0.1, 0.15) is 52.9 Å². The van der Waals surface area contributed by atoms with Crippen LogP contribution >= 0.6 is 0 Å². The molecule has 1 aliphatic carbocycles. The minimum Gasteiger partial charge on any atom is -0.0651 e. The average molecular weight is 140 g/mol. The molecule has 0 aromatic carbocycles. The van der Waals surface area contributed by atoms with Crippen LogP contribution in [0.3, 0.4) is 0 Å². The van der Waals surface area contributed by atoms with Crippen molar-refractivity contribution in [1.29, 1.82) is 0 Å². The lowest BCUT2D eigenvalue weighted by molar-refractivity contribution is 0.0515. The Labute approximate surface area is 65.0 Å². The second-order valence-electron chi connectivity index (χ2n) is 3.88. The summed E-state index contributed by atoms with van der Waals surface area (Å²) in [6, 6.07) is 0. The molecule has 1 atom stereocenters. The van der Waals surface area contributed by atoms with Crippen LogP contribution in [0.5, 0.6) is 0 Å². The van der Waals surface area contributed by atoms with E-state index in [4.69, 9.17) is 0 Å². The Morgan fingerprint density at radius 1 is 1.30 bits per heavy atom. The maximum Gasteiger partial charge on any atom is -0.0275 e. The fourth-order valence-corrected chi connectivity index (χ4v) is 2.26. The largest absolute Gasteiger partial charge is 0.0651 e. The Balaban J connectivity index is 2.46. The van der Waals surface area contributed by atoms with Gasteiger partial charge in [-0.15, -0.1) is 0 Å². The molecule has 1 fully saturated rings. The summed E-state index contributed by atoms with van der Waals surface area (Å²) in [5.74, 6) is 0.964. The number of hydrogen-bond donors (Lipinski definition) is 0. The van der Waals surface area contributed by atoms with Crippen molar-refractivity contribution < 1.29 is 0 Å². The normalized spacial score (nSPS) is 25.5. The van der Waals surface area contributed by atoms with Gasteiger partial charge in [-0.3, -0.25) is 0 Å². The molecule has 1 unspecified atom stereocenters. The van der Waals surface area contributed by atoms with Crippen molar-refractivity contribution >= 4 is 0 Å². The average Bonchev–Trinajstić information content (AvgIpc) is 1.86. The molecule has 1 rings (SSSR count). The topological polar surface area (TPSA) is 0 Å². The van der Waals surface area contributed by atoms with Crippen molar-refractivity contribution in [3.63, 3.8) is 0 Å². The van der Waals surface area contributed by atoms with E-state index in [0.29, 0.717) is 0 Å². The summed E-state index contributed by atoms with van der Waals surface area (Å²) >= 11 is 0. The molecule has 0 aromatic heterocycles. The molecule has 0 radical (unpaired) electrons. The van der Waals surface area contributed by atoms with E-state index in [2.05, 4.69) is 20.8 Å². The molecule has 0 saturated heterocycles. The Kier molecular flexibility index (Phi) is 2.38. The first-order valence-corrected chi connectivity index (χ1v) is 4.75. The highest BCUT2D eigenvalue weighted by atomic mass is 14.4. The fraction of sp³-hybridized carbons (Fsp3) is 1.00. The van der Waals surface area contributed by atoms with E-state index >= 15 is 0 Å². The van der Waals surface area contributed by atoms with E-state index in [1.54, 1.807) is 0 Å². The van der Waals surface area contributed by atoms with E-state index in [9.17, 15) is 0 Å². The molecule has 0 spiro atoms. The monoisotopic (exact) mass is 140 g/mol. The van der Waals surface area contributed by atoms with Crippen LogP contribution in [-0.2, 0) is 0 Å². The van der Waals surface area contributed by atoms with Crippen LogP contribution in [0.4, 0.5) is 0 Å². The van der Waals surface area contributed by atoms with Gasteiger partial charge in [-0.2, -0.15) is 0 Å². The zero-order valence-electron chi connectivity index (χ0n) is 7.61. The van der Waals surface area contributed by atoms with Crippen LogP contribution in [0.25, 0.3) is 0 Å². The molecule has 0 aromatic rings. The van der Waals surface area contributed by atoms with E-state index < -0.39 is 0 Å². The number of hydrogen-bond acceptors (Lipinski definition) is 0. The van der Waals surface area contributed by atoms with Gasteiger partial charge in [0, 0.05) is 0 Å². The second-order valence-corrected chi connectivity index (χ2v) is 3.88. The lowest BCUT2D eigenvalue weighted by Gasteiger charge is -2.46. The lowest BCUT2D eigenvalue weighted by Crippen LogP contribution is -2.34. The van der Waals surface area contributed by atoms with Gasteiger partial charge in [-0.1, -0.05) is 40.0 Å². The third kappa shape index (κ3) is 1.09. The second kappa shape index (κ2) is 2.94. The highest BCUT2D eigenvalue weighted by molar-refractivity contribution is 4.89. The Morgan fingerprint density at radius 2 is 1.90 bits per heavy atom. The maximum absolute atomic E-state index is 2.42. The zero-order valence-corrected chi connectivity index (χ0v) is 7.61. The highest BCUT2D eigenvalue weighted by Gasteiger charge is 2.38. The Bertz CT molecular complexity index is 95.1. The molecule has 0 heterocycles. The van der Waals surface area contributed by atoms with Gasteiger partial charge in [0.15, 0.2) is 0 Å². The first kappa shape index (κ1) is 8.10. The predicted octanol–water partition coefficient (Wildman–Crippen LogP) is 3.61. The van der Waals surface area contributed by atoms with E-state index in [-0.39, 0.29) is 0 Å². The molecular formula is C10H20. The van der Waals surface area contributed by atoms with Crippen LogP contribution in [0.2, 0.25) is 0 Å². The standard InChI is InChI=1S/C10H20/c1-4-9(3)10(5-2)7-6-8-10/h9H,4-8H2,1-3H3. The summed E-state index contributed by atoms with van der Waals surface area (Å²) < 4.78 is 0. The van der Waals surface area contributed by atoms with Gasteiger partial charge in [0.25, 0.3) is 0 Å². The van der Waals surface area contributed by atoms with Crippen molar-refractivity contribution in [3.05, 3.63) is 0 Å². The van der Waals surface area contributed by atoms with Crippen molar-refractivity contribution in [3.8, 4) is 0 Å². The molecule has 0 heteroatoms. The van der Waals surface area contributed by atoms with Gasteiger partial charge in [-0.05, 0) is 24.2 Å². The van der Waals surface area contributed by atoms with Crippen LogP contribution in [0.15, 0.2) is 0 Å². The van der Waals surface area contributed by atoms with Crippen molar-refractivity contribution in [1.82, 2.24) is 0 Å². The third-order valence-corrected chi connectivity index (χ3v) is 3.71. The van der Waals surface area contributed by atoms with E-state index in [1.165, 1.54) is 32.1 Å². The van der Waals surface area contributed by atoms with Gasteiger partial charge in [0.05, 0.1) is 0 Å². The highest BCUT2D eigenvalue weighted by Crippen LogP contribution is 2.50. The van der Waals surface area contributed by atoms with Gasteiger partial charge >= 0.3 is 0 Å². The quantitative estimate of drug-likeness (QED) is 0.561. The summed E-state index contributed by atoms with van der Waals surface area (Å²) in [7, 11) is 0. The van der Waals surface area contributed by atoms with Gasteiger partial charge in [-0.25, -0.2) is 0 Å².